The minimum absolute atomic E-state index is 0.419. The topological polar surface area (TPSA) is 55.4 Å². The average molecular weight is 376 g/mol. The zero-order valence-electron chi connectivity index (χ0n) is 13.9. The molecule has 2 aromatic carbocycles. The number of carbonyl (C=O) groups is 2. The monoisotopic (exact) mass is 375 g/mol. The van der Waals surface area contributed by atoms with E-state index in [1.54, 1.807) is 42.1 Å². The van der Waals surface area contributed by atoms with Crippen molar-refractivity contribution in [3.63, 3.8) is 0 Å². The van der Waals surface area contributed by atoms with Crippen molar-refractivity contribution >= 4 is 47.0 Å². The van der Waals surface area contributed by atoms with E-state index in [9.17, 15) is 9.59 Å². The zero-order chi connectivity index (χ0) is 18.2. The highest BCUT2D eigenvalue weighted by Crippen LogP contribution is 2.20. The number of carbonyl (C=O) groups excluding carboxylic acids is 2. The average Bonchev–Trinajstić information content (AvgIpc) is 2.62. The number of hydrogen-bond donors (Lipinski definition) is 1. The lowest BCUT2D eigenvalue weighted by Crippen LogP contribution is -2.29. The standard InChI is InChI=1S/C19H18ClNO3S/c1-13(19(23)21-17-6-4-3-5-16(17)20)24-18(22)12-9-14-7-10-15(25-2)11-8-14/h3-13H,1-2H3,(H,21,23)/b12-9+/t13-/m1/s1. The van der Waals surface area contributed by atoms with Gasteiger partial charge in [0.25, 0.3) is 5.91 Å². The predicted molar refractivity (Wildman–Crippen MR) is 103 cm³/mol. The maximum atomic E-state index is 12.1. The molecule has 1 atom stereocenters. The summed E-state index contributed by atoms with van der Waals surface area (Å²) >= 11 is 7.63. The lowest BCUT2D eigenvalue weighted by molar-refractivity contribution is -0.148. The first-order valence-corrected chi connectivity index (χ1v) is 9.18. The highest BCUT2D eigenvalue weighted by atomic mass is 35.5. The molecule has 2 rings (SSSR count). The van der Waals surface area contributed by atoms with E-state index in [2.05, 4.69) is 5.32 Å². The van der Waals surface area contributed by atoms with E-state index in [-0.39, 0.29) is 0 Å². The van der Waals surface area contributed by atoms with Crippen LogP contribution in [0.1, 0.15) is 12.5 Å². The summed E-state index contributed by atoms with van der Waals surface area (Å²) in [5, 5.41) is 3.05. The van der Waals surface area contributed by atoms with Gasteiger partial charge >= 0.3 is 5.97 Å². The van der Waals surface area contributed by atoms with Crippen LogP contribution in [-0.2, 0) is 14.3 Å². The maximum Gasteiger partial charge on any atom is 0.331 e. The Hall–Kier alpha value is -2.24. The number of ether oxygens (including phenoxy) is 1. The first kappa shape index (κ1) is 19.1. The summed E-state index contributed by atoms with van der Waals surface area (Å²) < 4.78 is 5.11. The maximum absolute atomic E-state index is 12.1. The number of para-hydroxylation sites is 1. The van der Waals surface area contributed by atoms with E-state index < -0.39 is 18.0 Å². The number of amides is 1. The second-order valence-electron chi connectivity index (χ2n) is 5.15. The van der Waals surface area contributed by atoms with Crippen LogP contribution in [-0.4, -0.2) is 24.2 Å². The van der Waals surface area contributed by atoms with Gasteiger partial charge in [-0.2, -0.15) is 0 Å². The summed E-state index contributed by atoms with van der Waals surface area (Å²) in [6.07, 6.45) is 4.00. The molecule has 0 unspecified atom stereocenters. The third-order valence-corrected chi connectivity index (χ3v) is 4.39. The molecule has 0 spiro atoms. The van der Waals surface area contributed by atoms with Crippen molar-refractivity contribution in [1.82, 2.24) is 0 Å². The van der Waals surface area contributed by atoms with Crippen molar-refractivity contribution in [2.24, 2.45) is 0 Å². The smallest absolute Gasteiger partial charge is 0.331 e. The summed E-state index contributed by atoms with van der Waals surface area (Å²) in [7, 11) is 0. The predicted octanol–water partition coefficient (Wildman–Crippen LogP) is 4.65. The van der Waals surface area contributed by atoms with Gasteiger partial charge in [-0.25, -0.2) is 4.79 Å². The lowest BCUT2D eigenvalue weighted by atomic mass is 10.2. The number of rotatable bonds is 6. The van der Waals surface area contributed by atoms with Gasteiger partial charge in [-0.3, -0.25) is 4.79 Å². The van der Waals surface area contributed by atoms with Crippen LogP contribution in [0.25, 0.3) is 6.08 Å². The number of nitrogens with one attached hydrogen (secondary N) is 1. The van der Waals surface area contributed by atoms with E-state index in [1.165, 1.54) is 13.0 Å². The Morgan fingerprint density at radius 3 is 2.48 bits per heavy atom. The molecule has 6 heteroatoms. The van der Waals surface area contributed by atoms with E-state index in [0.29, 0.717) is 10.7 Å². The minimum Gasteiger partial charge on any atom is -0.449 e. The van der Waals surface area contributed by atoms with Crippen molar-refractivity contribution in [1.29, 1.82) is 0 Å². The van der Waals surface area contributed by atoms with Crippen LogP contribution < -0.4 is 5.32 Å². The molecular weight excluding hydrogens is 358 g/mol. The van der Waals surface area contributed by atoms with Crippen molar-refractivity contribution in [2.45, 2.75) is 17.9 Å². The van der Waals surface area contributed by atoms with Crippen molar-refractivity contribution in [3.05, 3.63) is 65.2 Å². The van der Waals surface area contributed by atoms with E-state index in [4.69, 9.17) is 16.3 Å². The Bertz CT molecular complexity index is 774. The van der Waals surface area contributed by atoms with Crippen LogP contribution in [0.15, 0.2) is 59.5 Å². The fraction of sp³-hybridized carbons (Fsp3) is 0.158. The Kier molecular flexibility index (Phi) is 7.10. The van der Waals surface area contributed by atoms with E-state index >= 15 is 0 Å². The summed E-state index contributed by atoms with van der Waals surface area (Å²) in [6, 6.07) is 14.6. The lowest BCUT2D eigenvalue weighted by Gasteiger charge is -2.13. The van der Waals surface area contributed by atoms with Gasteiger partial charge in [0.1, 0.15) is 0 Å². The molecule has 1 N–H and O–H groups in total. The number of benzene rings is 2. The zero-order valence-corrected chi connectivity index (χ0v) is 15.4. The molecule has 0 saturated carbocycles. The van der Waals surface area contributed by atoms with Gasteiger partial charge < -0.3 is 10.1 Å². The van der Waals surface area contributed by atoms with Gasteiger partial charge in [0.05, 0.1) is 10.7 Å². The quantitative estimate of drug-likeness (QED) is 0.453. The van der Waals surface area contributed by atoms with Crippen LogP contribution in [0.2, 0.25) is 5.02 Å². The van der Waals surface area contributed by atoms with E-state index in [0.717, 1.165) is 10.5 Å². The fourth-order valence-electron chi connectivity index (χ4n) is 1.94. The van der Waals surface area contributed by atoms with Gasteiger partial charge in [-0.05, 0) is 49.1 Å². The molecule has 0 radical (unpaired) electrons. The van der Waals surface area contributed by atoms with Crippen LogP contribution in [0.4, 0.5) is 5.69 Å². The third kappa shape index (κ3) is 5.96. The second kappa shape index (κ2) is 9.30. The molecule has 0 aromatic heterocycles. The normalized spacial score (nSPS) is 12.0. The molecule has 4 nitrogen and oxygen atoms in total. The van der Waals surface area contributed by atoms with Crippen molar-refractivity contribution in [3.8, 4) is 0 Å². The first-order valence-electron chi connectivity index (χ1n) is 7.57. The van der Waals surface area contributed by atoms with Crippen molar-refractivity contribution in [2.75, 3.05) is 11.6 Å². The molecule has 0 aliphatic rings. The van der Waals surface area contributed by atoms with Crippen molar-refractivity contribution < 1.29 is 14.3 Å². The molecule has 25 heavy (non-hydrogen) atoms. The molecular formula is C19H18ClNO3S. The van der Waals surface area contributed by atoms with Gasteiger partial charge in [0.2, 0.25) is 0 Å². The highest BCUT2D eigenvalue weighted by molar-refractivity contribution is 7.98. The Balaban J connectivity index is 1.89. The SMILES string of the molecule is CSc1ccc(/C=C/C(=O)O[C@H](C)C(=O)Nc2ccccc2Cl)cc1. The molecule has 0 saturated heterocycles. The molecule has 0 heterocycles. The molecule has 2 aromatic rings. The third-order valence-electron chi connectivity index (χ3n) is 3.32. The fourth-order valence-corrected chi connectivity index (χ4v) is 2.53. The number of thioether (sulfide) groups is 1. The molecule has 0 aliphatic carbocycles. The highest BCUT2D eigenvalue weighted by Gasteiger charge is 2.17. The van der Waals surface area contributed by atoms with Crippen LogP contribution in [0, 0.1) is 0 Å². The van der Waals surface area contributed by atoms with Crippen LogP contribution in [0.5, 0.6) is 0 Å². The Morgan fingerprint density at radius 1 is 1.16 bits per heavy atom. The van der Waals surface area contributed by atoms with Crippen LogP contribution >= 0.6 is 23.4 Å². The number of halogens is 1. The second-order valence-corrected chi connectivity index (χ2v) is 6.44. The van der Waals surface area contributed by atoms with E-state index in [1.807, 2.05) is 30.5 Å². The minimum atomic E-state index is -0.938. The molecule has 0 aliphatic heterocycles. The molecule has 1 amide bonds. The Morgan fingerprint density at radius 2 is 1.84 bits per heavy atom. The number of anilines is 1. The summed E-state index contributed by atoms with van der Waals surface area (Å²) in [4.78, 5) is 25.1. The van der Waals surface area contributed by atoms with Gasteiger partial charge in [-0.1, -0.05) is 35.9 Å². The van der Waals surface area contributed by atoms with Gasteiger partial charge in [0.15, 0.2) is 6.10 Å². The summed E-state index contributed by atoms with van der Waals surface area (Å²) in [5.74, 6) is -1.03. The Labute approximate surface area is 156 Å². The number of esters is 1. The van der Waals surface area contributed by atoms with Crippen LogP contribution in [0.3, 0.4) is 0 Å². The largest absolute Gasteiger partial charge is 0.449 e. The molecule has 130 valence electrons. The summed E-state index contributed by atoms with van der Waals surface area (Å²) in [6.45, 7) is 1.51. The molecule has 0 fully saturated rings. The van der Waals surface area contributed by atoms with Gasteiger partial charge in [0, 0.05) is 11.0 Å². The van der Waals surface area contributed by atoms with Gasteiger partial charge in [-0.15, -0.1) is 11.8 Å². The first-order chi connectivity index (χ1) is 12.0. The number of hydrogen-bond acceptors (Lipinski definition) is 4. The molecule has 0 bridgehead atoms. The summed E-state index contributed by atoms with van der Waals surface area (Å²) in [5.41, 5.74) is 1.35.